The van der Waals surface area contributed by atoms with Gasteiger partial charge in [0, 0.05) is 35.7 Å². The van der Waals surface area contributed by atoms with Crippen molar-refractivity contribution in [3.63, 3.8) is 0 Å². The molecule has 0 aliphatic heterocycles. The lowest BCUT2D eigenvalue weighted by Crippen LogP contribution is -2.32. The minimum atomic E-state index is -0.410. The van der Waals surface area contributed by atoms with Crippen LogP contribution >= 0.6 is 0 Å². The van der Waals surface area contributed by atoms with E-state index in [9.17, 15) is 9.59 Å². The molecule has 9 nitrogen and oxygen atoms in total. The van der Waals surface area contributed by atoms with E-state index in [0.717, 1.165) is 11.4 Å². The molecular weight excluding hydrogens is 322 g/mol. The fourth-order valence-electron chi connectivity index (χ4n) is 2.47. The van der Waals surface area contributed by atoms with Crippen molar-refractivity contribution in [2.24, 2.45) is 0 Å². The number of nitrogens with zero attached hydrogens (tertiary/aromatic N) is 6. The van der Waals surface area contributed by atoms with E-state index in [4.69, 9.17) is 0 Å². The van der Waals surface area contributed by atoms with Crippen LogP contribution in [-0.4, -0.2) is 41.6 Å². The second kappa shape index (κ2) is 6.42. The Kier molecular flexibility index (Phi) is 4.30. The number of aryl methyl sites for hydroxylation is 3. The Morgan fingerprint density at radius 2 is 1.96 bits per heavy atom. The first kappa shape index (κ1) is 16.7. The molecule has 0 aromatic carbocycles. The van der Waals surface area contributed by atoms with Gasteiger partial charge in [-0.2, -0.15) is 4.98 Å². The molecule has 9 heteroatoms. The predicted octanol–water partition coefficient (Wildman–Crippen LogP) is 0.345. The van der Waals surface area contributed by atoms with E-state index in [0.29, 0.717) is 23.6 Å². The number of amides is 1. The molecule has 1 N–H and O–H groups in total. The summed E-state index contributed by atoms with van der Waals surface area (Å²) in [5, 5.41) is 6.88. The smallest absolute Gasteiger partial charge is 0.291 e. The van der Waals surface area contributed by atoms with Crippen LogP contribution in [0.15, 0.2) is 17.2 Å². The minimum absolute atomic E-state index is 0.0479. The highest BCUT2D eigenvalue weighted by atomic mass is 16.2. The van der Waals surface area contributed by atoms with Crippen molar-refractivity contribution in [2.75, 3.05) is 6.54 Å². The lowest BCUT2D eigenvalue weighted by molar-refractivity contribution is 0.0942. The monoisotopic (exact) mass is 341 g/mol. The Labute approximate surface area is 143 Å². The average molecular weight is 341 g/mol. The molecule has 0 radical (unpaired) electrons. The Balaban J connectivity index is 1.70. The zero-order valence-corrected chi connectivity index (χ0v) is 14.6. The van der Waals surface area contributed by atoms with E-state index in [1.807, 2.05) is 19.9 Å². The molecule has 0 atom stereocenters. The van der Waals surface area contributed by atoms with Crippen LogP contribution in [0.5, 0.6) is 0 Å². The van der Waals surface area contributed by atoms with Gasteiger partial charge in [-0.3, -0.25) is 14.2 Å². The Bertz CT molecular complexity index is 1020. The molecule has 0 bridgehead atoms. The first-order valence-corrected chi connectivity index (χ1v) is 7.88. The van der Waals surface area contributed by atoms with Crippen molar-refractivity contribution in [1.29, 1.82) is 0 Å². The topological polar surface area (TPSA) is 107 Å². The molecule has 130 valence electrons. The fraction of sp³-hybridized carbons (Fsp3) is 0.375. The van der Waals surface area contributed by atoms with Crippen molar-refractivity contribution in [2.45, 2.75) is 34.2 Å². The Hall–Kier alpha value is -3.10. The Morgan fingerprint density at radius 1 is 1.20 bits per heavy atom. The summed E-state index contributed by atoms with van der Waals surface area (Å²) in [5.74, 6) is 0.0244. The van der Waals surface area contributed by atoms with Crippen LogP contribution in [0.25, 0.3) is 5.78 Å². The van der Waals surface area contributed by atoms with E-state index < -0.39 is 5.91 Å². The SMILES string of the molecule is Cc1cc(C)n2nc(C(=O)NCCn3cnc(C)c(C)c3=O)nc2n1. The third-order valence-corrected chi connectivity index (χ3v) is 3.97. The number of aromatic nitrogens is 6. The van der Waals surface area contributed by atoms with Crippen molar-refractivity contribution < 1.29 is 4.79 Å². The third-order valence-electron chi connectivity index (χ3n) is 3.97. The normalized spacial score (nSPS) is 11.0. The summed E-state index contributed by atoms with van der Waals surface area (Å²) in [6.07, 6.45) is 1.48. The fourth-order valence-corrected chi connectivity index (χ4v) is 2.47. The molecule has 3 aromatic rings. The van der Waals surface area contributed by atoms with E-state index >= 15 is 0 Å². The van der Waals surface area contributed by atoms with Crippen LogP contribution in [0.3, 0.4) is 0 Å². The van der Waals surface area contributed by atoms with Gasteiger partial charge >= 0.3 is 0 Å². The number of fused-ring (bicyclic) bond motifs is 1. The van der Waals surface area contributed by atoms with Gasteiger partial charge in [-0.25, -0.2) is 14.5 Å². The second-order valence-electron chi connectivity index (χ2n) is 5.90. The molecule has 0 unspecified atom stereocenters. The number of carbonyl (C=O) groups excluding carboxylic acids is 1. The highest BCUT2D eigenvalue weighted by Crippen LogP contribution is 2.05. The molecule has 0 saturated heterocycles. The molecule has 3 rings (SSSR count). The van der Waals surface area contributed by atoms with Gasteiger partial charge in [0.15, 0.2) is 0 Å². The number of nitrogens with one attached hydrogen (secondary N) is 1. The van der Waals surface area contributed by atoms with Crippen LogP contribution < -0.4 is 10.9 Å². The van der Waals surface area contributed by atoms with E-state index in [1.54, 1.807) is 13.8 Å². The van der Waals surface area contributed by atoms with Crippen molar-refractivity contribution in [3.05, 3.63) is 51.2 Å². The van der Waals surface area contributed by atoms with Crippen LogP contribution in [0.1, 0.15) is 33.3 Å². The van der Waals surface area contributed by atoms with Gasteiger partial charge in [-0.05, 0) is 33.8 Å². The number of rotatable bonds is 4. The maximum absolute atomic E-state index is 12.2. The molecule has 0 aliphatic rings. The van der Waals surface area contributed by atoms with Gasteiger partial charge in [0.2, 0.25) is 5.82 Å². The van der Waals surface area contributed by atoms with Crippen LogP contribution in [-0.2, 0) is 6.54 Å². The minimum Gasteiger partial charge on any atom is -0.347 e. The summed E-state index contributed by atoms with van der Waals surface area (Å²) in [5.41, 5.74) is 2.86. The van der Waals surface area contributed by atoms with E-state index in [-0.39, 0.29) is 17.9 Å². The highest BCUT2D eigenvalue weighted by Gasteiger charge is 2.14. The van der Waals surface area contributed by atoms with Crippen LogP contribution in [0.2, 0.25) is 0 Å². The van der Waals surface area contributed by atoms with Gasteiger partial charge in [0.05, 0.1) is 6.33 Å². The van der Waals surface area contributed by atoms with Crippen molar-refractivity contribution in [3.8, 4) is 0 Å². The molecule has 1 amide bonds. The van der Waals surface area contributed by atoms with Crippen molar-refractivity contribution in [1.82, 2.24) is 34.4 Å². The Morgan fingerprint density at radius 3 is 2.72 bits per heavy atom. The predicted molar refractivity (Wildman–Crippen MR) is 90.6 cm³/mol. The van der Waals surface area contributed by atoms with Gasteiger partial charge < -0.3 is 5.32 Å². The lowest BCUT2D eigenvalue weighted by atomic mass is 10.3. The first-order chi connectivity index (χ1) is 11.9. The summed E-state index contributed by atoms with van der Waals surface area (Å²) in [7, 11) is 0. The quantitative estimate of drug-likeness (QED) is 0.733. The average Bonchev–Trinajstić information content (AvgIpc) is 2.99. The summed E-state index contributed by atoms with van der Waals surface area (Å²) in [4.78, 5) is 36.9. The van der Waals surface area contributed by atoms with Gasteiger partial charge in [0.25, 0.3) is 17.2 Å². The van der Waals surface area contributed by atoms with Gasteiger partial charge in [0.1, 0.15) is 0 Å². The maximum Gasteiger partial charge on any atom is 0.291 e. The van der Waals surface area contributed by atoms with E-state index in [2.05, 4.69) is 25.4 Å². The molecule has 3 heterocycles. The first-order valence-electron chi connectivity index (χ1n) is 7.88. The molecule has 0 spiro atoms. The number of carbonyl (C=O) groups is 1. The van der Waals surface area contributed by atoms with Crippen molar-refractivity contribution >= 4 is 11.7 Å². The highest BCUT2D eigenvalue weighted by molar-refractivity contribution is 5.90. The zero-order valence-electron chi connectivity index (χ0n) is 14.6. The maximum atomic E-state index is 12.2. The molecule has 0 saturated carbocycles. The van der Waals surface area contributed by atoms with Gasteiger partial charge in [-0.1, -0.05) is 0 Å². The number of hydrogen-bond acceptors (Lipinski definition) is 6. The second-order valence-corrected chi connectivity index (χ2v) is 5.90. The largest absolute Gasteiger partial charge is 0.347 e. The molecular formula is C16H19N7O2. The van der Waals surface area contributed by atoms with E-state index in [1.165, 1.54) is 15.4 Å². The number of hydrogen-bond donors (Lipinski definition) is 1. The summed E-state index contributed by atoms with van der Waals surface area (Å²) in [6, 6.07) is 1.86. The molecule has 0 aliphatic carbocycles. The third kappa shape index (κ3) is 3.25. The van der Waals surface area contributed by atoms with Crippen LogP contribution in [0, 0.1) is 27.7 Å². The standard InChI is InChI=1S/C16H19N7O2/c1-9-7-10(2)23-16(19-9)20-13(21-23)14(24)17-5-6-22-8-18-12(4)11(3)15(22)25/h7-8H,5-6H2,1-4H3,(H,17,24). The molecule has 3 aromatic heterocycles. The zero-order chi connectivity index (χ0) is 18.1. The lowest BCUT2D eigenvalue weighted by Gasteiger charge is -2.07. The summed E-state index contributed by atoms with van der Waals surface area (Å²) >= 11 is 0. The summed E-state index contributed by atoms with van der Waals surface area (Å²) in [6.45, 7) is 7.84. The molecule has 25 heavy (non-hydrogen) atoms. The van der Waals surface area contributed by atoms with Gasteiger partial charge in [-0.15, -0.1) is 5.10 Å². The summed E-state index contributed by atoms with van der Waals surface area (Å²) < 4.78 is 2.99. The molecule has 0 fully saturated rings. The van der Waals surface area contributed by atoms with Crippen LogP contribution in [0.4, 0.5) is 0 Å².